The lowest BCUT2D eigenvalue weighted by Gasteiger charge is -2.17. The van der Waals surface area contributed by atoms with Gasteiger partial charge in [0.05, 0.1) is 13.7 Å². The molecule has 1 fully saturated rings. The summed E-state index contributed by atoms with van der Waals surface area (Å²) >= 11 is 5.92. The number of halogens is 1. The summed E-state index contributed by atoms with van der Waals surface area (Å²) in [5, 5.41) is 9.54. The Bertz CT molecular complexity index is 599. The van der Waals surface area contributed by atoms with E-state index in [1.165, 1.54) is 19.2 Å². The van der Waals surface area contributed by atoms with E-state index >= 15 is 0 Å². The van der Waals surface area contributed by atoms with Crippen molar-refractivity contribution in [2.75, 3.05) is 7.11 Å². The highest BCUT2D eigenvalue weighted by atomic mass is 35.5. The maximum Gasteiger partial charge on any atom is 0.244 e. The maximum atomic E-state index is 12.4. The summed E-state index contributed by atoms with van der Waals surface area (Å²) in [5.74, 6) is 0.527. The highest BCUT2D eigenvalue weighted by molar-refractivity contribution is 7.89. The van der Waals surface area contributed by atoms with E-state index < -0.39 is 10.0 Å². The maximum absolute atomic E-state index is 12.4. The van der Waals surface area contributed by atoms with E-state index in [1.807, 2.05) is 6.92 Å². The molecule has 1 aromatic rings. The number of methoxy groups -OCH3 is 1. The SMILES string of the molecule is COc1c(CO)cc(Cl)cc1S(=O)(=O)NC(C)C1CC1. The van der Waals surface area contributed by atoms with Gasteiger partial charge in [-0.05, 0) is 37.8 Å². The van der Waals surface area contributed by atoms with Gasteiger partial charge in [-0.3, -0.25) is 0 Å². The number of nitrogens with one attached hydrogen (secondary N) is 1. The molecular formula is C13H18ClNO4S. The minimum Gasteiger partial charge on any atom is -0.495 e. The van der Waals surface area contributed by atoms with Gasteiger partial charge in [0.1, 0.15) is 10.6 Å². The minimum absolute atomic E-state index is 0.0379. The lowest BCUT2D eigenvalue weighted by atomic mass is 10.2. The average Bonchev–Trinajstić information content (AvgIpc) is 3.21. The normalized spacial score (nSPS) is 17.0. The summed E-state index contributed by atoms with van der Waals surface area (Å²) in [6, 6.07) is 2.70. The molecule has 0 radical (unpaired) electrons. The van der Waals surface area contributed by atoms with Crippen LogP contribution in [0.3, 0.4) is 0 Å². The summed E-state index contributed by atoms with van der Waals surface area (Å²) in [4.78, 5) is -0.0379. The van der Waals surface area contributed by atoms with Gasteiger partial charge in [0.2, 0.25) is 10.0 Å². The van der Waals surface area contributed by atoms with Crippen molar-refractivity contribution in [2.24, 2.45) is 5.92 Å². The van der Waals surface area contributed by atoms with Crippen molar-refractivity contribution < 1.29 is 18.3 Å². The lowest BCUT2D eigenvalue weighted by molar-refractivity contribution is 0.272. The van der Waals surface area contributed by atoms with Crippen LogP contribution in [0.4, 0.5) is 0 Å². The summed E-state index contributed by atoms with van der Waals surface area (Å²) in [6.45, 7) is 1.50. The van der Waals surface area contributed by atoms with Crippen LogP contribution in [-0.2, 0) is 16.6 Å². The molecule has 7 heteroatoms. The predicted octanol–water partition coefficient (Wildman–Crippen LogP) is 1.92. The zero-order valence-corrected chi connectivity index (χ0v) is 13.0. The van der Waals surface area contributed by atoms with E-state index in [2.05, 4.69) is 4.72 Å². The number of ether oxygens (including phenoxy) is 1. The highest BCUT2D eigenvalue weighted by Crippen LogP contribution is 2.35. The molecule has 2 N–H and O–H groups in total. The van der Waals surface area contributed by atoms with E-state index in [1.54, 1.807) is 0 Å². The van der Waals surface area contributed by atoms with E-state index in [0.717, 1.165) is 12.8 Å². The minimum atomic E-state index is -3.73. The summed E-state index contributed by atoms with van der Waals surface area (Å²) < 4.78 is 32.7. The van der Waals surface area contributed by atoms with Crippen LogP contribution >= 0.6 is 11.6 Å². The second kappa shape index (κ2) is 5.89. The van der Waals surface area contributed by atoms with Crippen molar-refractivity contribution in [2.45, 2.75) is 37.3 Å². The van der Waals surface area contributed by atoms with Gasteiger partial charge in [0, 0.05) is 16.6 Å². The quantitative estimate of drug-likeness (QED) is 0.840. The Labute approximate surface area is 124 Å². The molecule has 2 rings (SSSR count). The Morgan fingerprint density at radius 2 is 2.15 bits per heavy atom. The average molecular weight is 320 g/mol. The number of rotatable bonds is 6. The molecule has 1 aliphatic carbocycles. The van der Waals surface area contributed by atoms with Crippen LogP contribution in [0.25, 0.3) is 0 Å². The molecule has 0 aliphatic heterocycles. The Balaban J connectivity index is 2.41. The zero-order chi connectivity index (χ0) is 14.9. The summed E-state index contributed by atoms with van der Waals surface area (Å²) in [6.07, 6.45) is 2.08. The smallest absolute Gasteiger partial charge is 0.244 e. The van der Waals surface area contributed by atoms with Gasteiger partial charge in [-0.2, -0.15) is 0 Å². The van der Waals surface area contributed by atoms with Crippen molar-refractivity contribution in [3.8, 4) is 5.75 Å². The molecule has 0 bridgehead atoms. The monoisotopic (exact) mass is 319 g/mol. The number of hydrogen-bond donors (Lipinski definition) is 2. The third kappa shape index (κ3) is 3.25. The molecule has 0 amide bonds. The van der Waals surface area contributed by atoms with Crippen LogP contribution in [-0.4, -0.2) is 26.7 Å². The molecule has 5 nitrogen and oxygen atoms in total. The van der Waals surface area contributed by atoms with Crippen LogP contribution in [0, 0.1) is 5.92 Å². The van der Waals surface area contributed by atoms with Gasteiger partial charge in [0.25, 0.3) is 0 Å². The first kappa shape index (κ1) is 15.6. The Morgan fingerprint density at radius 3 is 2.65 bits per heavy atom. The van der Waals surface area contributed by atoms with Gasteiger partial charge >= 0.3 is 0 Å². The molecule has 1 aliphatic rings. The second-order valence-corrected chi connectivity index (χ2v) is 7.12. The summed E-state index contributed by atoms with van der Waals surface area (Å²) in [5.41, 5.74) is 0.347. The molecule has 1 saturated carbocycles. The van der Waals surface area contributed by atoms with Crippen LogP contribution in [0.2, 0.25) is 5.02 Å². The van der Waals surface area contributed by atoms with E-state index in [4.69, 9.17) is 16.3 Å². The first-order valence-corrected chi connectivity index (χ1v) is 8.24. The fraction of sp³-hybridized carbons (Fsp3) is 0.538. The standard InChI is InChI=1S/C13H18ClNO4S/c1-8(9-3-4-9)15-20(17,18)12-6-11(14)5-10(7-16)13(12)19-2/h5-6,8-9,15-16H,3-4,7H2,1-2H3. The van der Waals surface area contributed by atoms with E-state index in [-0.39, 0.29) is 28.3 Å². The fourth-order valence-corrected chi connectivity index (χ4v) is 4.03. The van der Waals surface area contributed by atoms with Gasteiger partial charge in [0.15, 0.2) is 0 Å². The molecule has 20 heavy (non-hydrogen) atoms. The number of aliphatic hydroxyl groups is 1. The molecule has 1 unspecified atom stereocenters. The van der Waals surface area contributed by atoms with Crippen molar-refractivity contribution in [3.05, 3.63) is 22.7 Å². The van der Waals surface area contributed by atoms with Gasteiger partial charge in [-0.25, -0.2) is 13.1 Å². The Hall–Kier alpha value is -0.820. The van der Waals surface area contributed by atoms with E-state index in [0.29, 0.717) is 11.5 Å². The highest BCUT2D eigenvalue weighted by Gasteiger charge is 2.32. The first-order chi connectivity index (χ1) is 9.39. The fourth-order valence-electron chi connectivity index (χ4n) is 2.17. The molecule has 112 valence electrons. The number of sulfonamides is 1. The Kier molecular flexibility index (Phi) is 4.59. The first-order valence-electron chi connectivity index (χ1n) is 6.38. The molecule has 0 heterocycles. The van der Waals surface area contributed by atoms with E-state index in [9.17, 15) is 13.5 Å². The largest absolute Gasteiger partial charge is 0.495 e. The topological polar surface area (TPSA) is 75.6 Å². The van der Waals surface area contributed by atoms with Crippen LogP contribution < -0.4 is 9.46 Å². The third-order valence-electron chi connectivity index (χ3n) is 3.43. The lowest BCUT2D eigenvalue weighted by Crippen LogP contribution is -2.34. The molecule has 0 aromatic heterocycles. The van der Waals surface area contributed by atoms with Crippen molar-refractivity contribution in [3.63, 3.8) is 0 Å². The third-order valence-corrected chi connectivity index (χ3v) is 5.21. The van der Waals surface area contributed by atoms with Crippen molar-refractivity contribution in [1.82, 2.24) is 4.72 Å². The number of aliphatic hydroxyl groups excluding tert-OH is 1. The molecule has 1 aromatic carbocycles. The zero-order valence-electron chi connectivity index (χ0n) is 11.4. The Morgan fingerprint density at radius 1 is 1.50 bits per heavy atom. The van der Waals surface area contributed by atoms with Gasteiger partial charge < -0.3 is 9.84 Å². The van der Waals surface area contributed by atoms with Crippen LogP contribution in [0.1, 0.15) is 25.3 Å². The van der Waals surface area contributed by atoms with Gasteiger partial charge in [-0.1, -0.05) is 11.6 Å². The predicted molar refractivity (Wildman–Crippen MR) is 76.4 cm³/mol. The molecule has 0 saturated heterocycles. The number of benzene rings is 1. The van der Waals surface area contributed by atoms with Crippen molar-refractivity contribution >= 4 is 21.6 Å². The number of hydrogen-bond acceptors (Lipinski definition) is 4. The molecular weight excluding hydrogens is 302 g/mol. The van der Waals surface area contributed by atoms with Crippen LogP contribution in [0.15, 0.2) is 17.0 Å². The van der Waals surface area contributed by atoms with Gasteiger partial charge in [-0.15, -0.1) is 0 Å². The molecule has 0 spiro atoms. The molecule has 1 atom stereocenters. The second-order valence-electron chi connectivity index (χ2n) is 5.00. The summed E-state index contributed by atoms with van der Waals surface area (Å²) in [7, 11) is -2.37. The van der Waals surface area contributed by atoms with Crippen molar-refractivity contribution in [1.29, 1.82) is 0 Å². The van der Waals surface area contributed by atoms with Crippen LogP contribution in [0.5, 0.6) is 5.75 Å².